The lowest BCUT2D eigenvalue weighted by Gasteiger charge is -2.19. The molecular weight excluding hydrogens is 210 g/mol. The Balaban J connectivity index is 2.91. The van der Waals surface area contributed by atoms with Crippen LogP contribution < -0.4 is 5.32 Å². The average Bonchev–Trinajstić information content (AvgIpc) is 2.13. The van der Waals surface area contributed by atoms with Crippen LogP contribution in [0.25, 0.3) is 0 Å². The lowest BCUT2D eigenvalue weighted by atomic mass is 10.1. The average molecular weight is 228 g/mol. The minimum Gasteiger partial charge on any atom is -0.365 e. The van der Waals surface area contributed by atoms with E-state index in [0.29, 0.717) is 22.9 Å². The lowest BCUT2D eigenvalue weighted by Crippen LogP contribution is -2.22. The van der Waals surface area contributed by atoms with Gasteiger partial charge < -0.3 is 5.32 Å². The zero-order chi connectivity index (χ0) is 11.6. The van der Waals surface area contributed by atoms with Crippen LogP contribution in [0.3, 0.4) is 0 Å². The highest BCUT2D eigenvalue weighted by molar-refractivity contribution is 6.31. The van der Waals surface area contributed by atoms with Gasteiger partial charge in [-0.15, -0.1) is 0 Å². The Labute approximate surface area is 96.3 Å². The van der Waals surface area contributed by atoms with Crippen LogP contribution in [0.2, 0.25) is 5.15 Å². The molecule has 4 heteroatoms. The Hall–Kier alpha value is -0.830. The Morgan fingerprint density at radius 1 is 1.07 bits per heavy atom. The summed E-state index contributed by atoms with van der Waals surface area (Å²) in [6.07, 6.45) is 0. The molecule has 0 saturated heterocycles. The molecule has 0 radical (unpaired) electrons. The SMILES string of the molecule is Cc1nc(Cl)c(NC(C)C(C)C)nc1C. The van der Waals surface area contributed by atoms with E-state index in [0.717, 1.165) is 11.4 Å². The standard InChI is InChI=1S/C11H18ClN3/c1-6(2)7(3)14-11-10(12)13-8(4)9(5)15-11/h6-7H,1-5H3,(H,14,15). The molecule has 3 nitrogen and oxygen atoms in total. The maximum absolute atomic E-state index is 6.01. The van der Waals surface area contributed by atoms with Gasteiger partial charge in [0.1, 0.15) is 0 Å². The molecule has 0 aromatic carbocycles. The van der Waals surface area contributed by atoms with Gasteiger partial charge in [0.25, 0.3) is 0 Å². The molecule has 0 fully saturated rings. The smallest absolute Gasteiger partial charge is 0.171 e. The quantitative estimate of drug-likeness (QED) is 0.862. The van der Waals surface area contributed by atoms with Gasteiger partial charge in [-0.05, 0) is 26.7 Å². The number of rotatable bonds is 3. The third-order valence-corrected chi connectivity index (χ3v) is 2.89. The highest BCUT2D eigenvalue weighted by Crippen LogP contribution is 2.20. The topological polar surface area (TPSA) is 37.8 Å². The predicted octanol–water partition coefficient (Wildman–Crippen LogP) is 3.20. The Morgan fingerprint density at radius 3 is 2.13 bits per heavy atom. The van der Waals surface area contributed by atoms with Crippen molar-refractivity contribution in [2.24, 2.45) is 5.92 Å². The Morgan fingerprint density at radius 2 is 1.60 bits per heavy atom. The molecule has 15 heavy (non-hydrogen) atoms. The van der Waals surface area contributed by atoms with E-state index in [1.54, 1.807) is 0 Å². The molecule has 0 amide bonds. The Kier molecular flexibility index (Phi) is 3.91. The first-order valence-electron chi connectivity index (χ1n) is 5.19. The van der Waals surface area contributed by atoms with Gasteiger partial charge in [-0.25, -0.2) is 9.97 Å². The van der Waals surface area contributed by atoms with Crippen LogP contribution >= 0.6 is 11.6 Å². The fourth-order valence-corrected chi connectivity index (χ4v) is 1.27. The number of hydrogen-bond acceptors (Lipinski definition) is 3. The van der Waals surface area contributed by atoms with Crippen molar-refractivity contribution in [3.8, 4) is 0 Å². The van der Waals surface area contributed by atoms with Gasteiger partial charge in [-0.3, -0.25) is 0 Å². The number of halogens is 1. The summed E-state index contributed by atoms with van der Waals surface area (Å²) in [6.45, 7) is 10.3. The number of aromatic nitrogens is 2. The highest BCUT2D eigenvalue weighted by atomic mass is 35.5. The van der Waals surface area contributed by atoms with Crippen molar-refractivity contribution in [2.75, 3.05) is 5.32 Å². The molecule has 1 unspecified atom stereocenters. The normalized spacial score (nSPS) is 13.0. The van der Waals surface area contributed by atoms with E-state index in [4.69, 9.17) is 11.6 Å². The van der Waals surface area contributed by atoms with Crippen molar-refractivity contribution in [3.63, 3.8) is 0 Å². The van der Waals surface area contributed by atoms with Crippen molar-refractivity contribution in [2.45, 2.75) is 40.7 Å². The molecule has 84 valence electrons. The van der Waals surface area contributed by atoms with Gasteiger partial charge in [0, 0.05) is 6.04 Å². The molecule has 0 aliphatic rings. The van der Waals surface area contributed by atoms with Gasteiger partial charge in [0.2, 0.25) is 0 Å². The van der Waals surface area contributed by atoms with E-state index in [1.165, 1.54) is 0 Å². The van der Waals surface area contributed by atoms with Crippen LogP contribution in [0.1, 0.15) is 32.2 Å². The molecule has 0 spiro atoms. The van der Waals surface area contributed by atoms with Gasteiger partial charge in [-0.1, -0.05) is 25.4 Å². The summed E-state index contributed by atoms with van der Waals surface area (Å²) in [7, 11) is 0. The minimum absolute atomic E-state index is 0.332. The summed E-state index contributed by atoms with van der Waals surface area (Å²) in [4.78, 5) is 8.61. The lowest BCUT2D eigenvalue weighted by molar-refractivity contribution is 0.558. The number of aryl methyl sites for hydroxylation is 2. The molecule has 1 aromatic rings. The van der Waals surface area contributed by atoms with Gasteiger partial charge in [0.05, 0.1) is 11.4 Å². The first kappa shape index (κ1) is 12.2. The van der Waals surface area contributed by atoms with Crippen LogP contribution in [0.5, 0.6) is 0 Å². The molecule has 0 saturated carbocycles. The first-order valence-corrected chi connectivity index (χ1v) is 5.57. The number of nitrogens with zero attached hydrogens (tertiary/aromatic N) is 2. The van der Waals surface area contributed by atoms with Crippen LogP contribution in [-0.2, 0) is 0 Å². The molecule has 1 atom stereocenters. The minimum atomic E-state index is 0.332. The summed E-state index contributed by atoms with van der Waals surface area (Å²) >= 11 is 6.01. The van der Waals surface area contributed by atoms with Crippen LogP contribution in [0.4, 0.5) is 5.82 Å². The van der Waals surface area contributed by atoms with Crippen LogP contribution in [0, 0.1) is 19.8 Å². The van der Waals surface area contributed by atoms with Gasteiger partial charge in [-0.2, -0.15) is 0 Å². The second-order valence-electron chi connectivity index (χ2n) is 4.21. The number of nitrogens with one attached hydrogen (secondary N) is 1. The summed E-state index contributed by atoms with van der Waals surface area (Å²) in [5.41, 5.74) is 1.79. The predicted molar refractivity (Wildman–Crippen MR) is 64.4 cm³/mol. The fraction of sp³-hybridized carbons (Fsp3) is 0.636. The van der Waals surface area contributed by atoms with Crippen LogP contribution in [-0.4, -0.2) is 16.0 Å². The third-order valence-electron chi connectivity index (χ3n) is 2.63. The van der Waals surface area contributed by atoms with Crippen molar-refractivity contribution in [3.05, 3.63) is 16.5 Å². The van der Waals surface area contributed by atoms with Crippen molar-refractivity contribution in [1.82, 2.24) is 9.97 Å². The van der Waals surface area contributed by atoms with Crippen molar-refractivity contribution < 1.29 is 0 Å². The first-order chi connectivity index (χ1) is 6.91. The maximum Gasteiger partial charge on any atom is 0.171 e. The monoisotopic (exact) mass is 227 g/mol. The zero-order valence-electron chi connectivity index (χ0n) is 9.93. The molecule has 1 aromatic heterocycles. The molecule has 0 aliphatic carbocycles. The van der Waals surface area contributed by atoms with E-state index in [1.807, 2.05) is 13.8 Å². The van der Waals surface area contributed by atoms with E-state index in [2.05, 4.69) is 36.1 Å². The third kappa shape index (κ3) is 3.06. The number of hydrogen-bond donors (Lipinski definition) is 1. The number of anilines is 1. The fourth-order valence-electron chi connectivity index (χ4n) is 1.05. The van der Waals surface area contributed by atoms with Gasteiger partial charge in [0.15, 0.2) is 11.0 Å². The second-order valence-corrected chi connectivity index (χ2v) is 4.57. The molecule has 0 aliphatic heterocycles. The van der Waals surface area contributed by atoms with E-state index >= 15 is 0 Å². The zero-order valence-corrected chi connectivity index (χ0v) is 10.7. The van der Waals surface area contributed by atoms with E-state index in [9.17, 15) is 0 Å². The molecule has 1 N–H and O–H groups in total. The van der Waals surface area contributed by atoms with Crippen LogP contribution in [0.15, 0.2) is 0 Å². The highest BCUT2D eigenvalue weighted by Gasteiger charge is 2.12. The molecule has 1 heterocycles. The summed E-state index contributed by atoms with van der Waals surface area (Å²) in [5, 5.41) is 3.72. The molecular formula is C11H18ClN3. The van der Waals surface area contributed by atoms with Gasteiger partial charge >= 0.3 is 0 Å². The maximum atomic E-state index is 6.01. The van der Waals surface area contributed by atoms with E-state index in [-0.39, 0.29) is 0 Å². The summed E-state index contributed by atoms with van der Waals surface area (Å²) in [5.74, 6) is 1.21. The van der Waals surface area contributed by atoms with Crippen molar-refractivity contribution in [1.29, 1.82) is 0 Å². The Bertz CT molecular complexity index is 350. The van der Waals surface area contributed by atoms with Crippen molar-refractivity contribution >= 4 is 17.4 Å². The molecule has 1 rings (SSSR count). The summed E-state index contributed by atoms with van der Waals surface area (Å²) in [6, 6.07) is 0.332. The summed E-state index contributed by atoms with van der Waals surface area (Å²) < 4.78 is 0. The van der Waals surface area contributed by atoms with E-state index < -0.39 is 0 Å². The second kappa shape index (κ2) is 4.79. The molecule has 0 bridgehead atoms. The largest absolute Gasteiger partial charge is 0.365 e.